The van der Waals surface area contributed by atoms with Gasteiger partial charge in [0.1, 0.15) is 16.4 Å². The molecular formula is C25H18ClNO7. The van der Waals surface area contributed by atoms with Crippen molar-refractivity contribution in [3.8, 4) is 22.8 Å². The van der Waals surface area contributed by atoms with Gasteiger partial charge in [-0.25, -0.2) is 4.79 Å². The Kier molecular flexibility index (Phi) is 6.08. The monoisotopic (exact) mass is 479 g/mol. The third kappa shape index (κ3) is 4.23. The smallest absolute Gasteiger partial charge is 0.344 e. The van der Waals surface area contributed by atoms with Gasteiger partial charge in [-0.1, -0.05) is 17.7 Å². The molecule has 1 aromatic heterocycles. The Morgan fingerprint density at radius 3 is 2.41 bits per heavy atom. The highest BCUT2D eigenvalue weighted by Crippen LogP contribution is 2.34. The standard InChI is InChI=1S/C25H18ClNO7/c1-13-10-14(2)22-18(11-13)21(28)24(23(33-22)15-4-7-17(32-3)8-5-15)34-25(29)16-6-9-19(26)20(12-16)27(30)31/h4-12H,1-3H3. The second-order valence-corrected chi connectivity index (χ2v) is 8.00. The first-order valence-electron chi connectivity index (χ1n) is 10.1. The second-order valence-electron chi connectivity index (χ2n) is 7.59. The van der Waals surface area contributed by atoms with Gasteiger partial charge in [0.05, 0.1) is 23.0 Å². The van der Waals surface area contributed by atoms with E-state index in [0.29, 0.717) is 16.9 Å². The molecule has 172 valence electrons. The maximum Gasteiger partial charge on any atom is 0.344 e. The Morgan fingerprint density at radius 1 is 1.06 bits per heavy atom. The van der Waals surface area contributed by atoms with Crippen LogP contribution in [0.3, 0.4) is 0 Å². The molecule has 0 aliphatic heterocycles. The third-order valence-corrected chi connectivity index (χ3v) is 5.53. The second kappa shape index (κ2) is 8.99. The van der Waals surface area contributed by atoms with Gasteiger partial charge in [0.2, 0.25) is 11.2 Å². The number of methoxy groups -OCH3 is 1. The molecule has 0 aliphatic rings. The van der Waals surface area contributed by atoms with Crippen LogP contribution in [-0.2, 0) is 0 Å². The van der Waals surface area contributed by atoms with Crippen LogP contribution in [-0.4, -0.2) is 18.0 Å². The number of benzene rings is 3. The summed E-state index contributed by atoms with van der Waals surface area (Å²) in [6, 6.07) is 13.7. The van der Waals surface area contributed by atoms with E-state index in [-0.39, 0.29) is 27.5 Å². The summed E-state index contributed by atoms with van der Waals surface area (Å²) in [6.45, 7) is 3.65. The molecule has 34 heavy (non-hydrogen) atoms. The van der Waals surface area contributed by atoms with E-state index in [0.717, 1.165) is 17.2 Å². The summed E-state index contributed by atoms with van der Waals surface area (Å²) in [6.07, 6.45) is 0. The van der Waals surface area contributed by atoms with Gasteiger partial charge in [0, 0.05) is 11.6 Å². The van der Waals surface area contributed by atoms with E-state index in [1.54, 1.807) is 30.3 Å². The van der Waals surface area contributed by atoms with E-state index < -0.39 is 22.0 Å². The van der Waals surface area contributed by atoms with E-state index in [1.165, 1.54) is 19.2 Å². The maximum atomic E-state index is 13.5. The van der Waals surface area contributed by atoms with Crippen molar-refractivity contribution >= 4 is 34.2 Å². The number of rotatable bonds is 5. The summed E-state index contributed by atoms with van der Waals surface area (Å²) in [5, 5.41) is 11.3. The van der Waals surface area contributed by atoms with E-state index in [9.17, 15) is 19.7 Å². The molecule has 8 nitrogen and oxygen atoms in total. The number of nitrogens with zero attached hydrogens (tertiary/aromatic N) is 1. The van der Waals surface area contributed by atoms with Crippen LogP contribution in [0, 0.1) is 24.0 Å². The first kappa shape index (κ1) is 23.0. The molecule has 0 amide bonds. The summed E-state index contributed by atoms with van der Waals surface area (Å²) >= 11 is 5.84. The van der Waals surface area contributed by atoms with Gasteiger partial charge in [-0.2, -0.15) is 0 Å². The normalized spacial score (nSPS) is 10.8. The van der Waals surface area contributed by atoms with Crippen LogP contribution in [0.15, 0.2) is 63.8 Å². The van der Waals surface area contributed by atoms with Crippen molar-refractivity contribution in [3.63, 3.8) is 0 Å². The molecule has 3 aromatic carbocycles. The lowest BCUT2D eigenvalue weighted by atomic mass is 10.1. The first-order valence-corrected chi connectivity index (χ1v) is 10.5. The van der Waals surface area contributed by atoms with Crippen LogP contribution >= 0.6 is 11.6 Å². The zero-order valence-electron chi connectivity index (χ0n) is 18.4. The minimum Gasteiger partial charge on any atom is -0.497 e. The van der Waals surface area contributed by atoms with Gasteiger partial charge in [-0.05, 0) is 67.4 Å². The highest BCUT2D eigenvalue weighted by atomic mass is 35.5. The number of ether oxygens (including phenoxy) is 2. The molecule has 0 N–H and O–H groups in total. The van der Waals surface area contributed by atoms with Crippen LogP contribution in [0.1, 0.15) is 21.5 Å². The Morgan fingerprint density at radius 2 is 1.76 bits per heavy atom. The highest BCUT2D eigenvalue weighted by molar-refractivity contribution is 6.32. The maximum absolute atomic E-state index is 13.5. The predicted molar refractivity (Wildman–Crippen MR) is 127 cm³/mol. The first-order chi connectivity index (χ1) is 16.2. The van der Waals surface area contributed by atoms with Gasteiger partial charge in [0.25, 0.3) is 5.69 Å². The number of carbonyl (C=O) groups excluding carboxylic acids is 1. The topological polar surface area (TPSA) is 109 Å². The Bertz CT molecular complexity index is 1510. The molecule has 4 aromatic rings. The molecule has 0 radical (unpaired) electrons. The zero-order valence-corrected chi connectivity index (χ0v) is 19.1. The van der Waals surface area contributed by atoms with Crippen molar-refractivity contribution in [1.82, 2.24) is 0 Å². The molecule has 0 spiro atoms. The van der Waals surface area contributed by atoms with Crippen molar-refractivity contribution in [3.05, 3.63) is 96.6 Å². The molecule has 0 aliphatic carbocycles. The van der Waals surface area contributed by atoms with Crippen LogP contribution in [0.2, 0.25) is 5.02 Å². The predicted octanol–water partition coefficient (Wildman–Crippen LogP) is 5.87. The number of nitro groups is 1. The molecule has 9 heteroatoms. The van der Waals surface area contributed by atoms with Gasteiger partial charge in [0.15, 0.2) is 5.76 Å². The van der Waals surface area contributed by atoms with E-state index in [4.69, 9.17) is 25.5 Å². The number of hydrogen-bond acceptors (Lipinski definition) is 7. The number of carbonyl (C=O) groups is 1. The number of hydrogen-bond donors (Lipinski definition) is 0. The van der Waals surface area contributed by atoms with Crippen molar-refractivity contribution in [2.45, 2.75) is 13.8 Å². The average Bonchev–Trinajstić information content (AvgIpc) is 2.81. The highest BCUT2D eigenvalue weighted by Gasteiger charge is 2.24. The number of halogens is 1. The minimum atomic E-state index is -0.967. The summed E-state index contributed by atoms with van der Waals surface area (Å²) in [5.41, 5.74) is 1.27. The largest absolute Gasteiger partial charge is 0.497 e. The zero-order chi connectivity index (χ0) is 24.6. The van der Waals surface area contributed by atoms with Crippen LogP contribution in [0.25, 0.3) is 22.3 Å². The van der Waals surface area contributed by atoms with Crippen LogP contribution in [0.5, 0.6) is 11.5 Å². The number of nitro benzene ring substituents is 1. The minimum absolute atomic E-state index is 0.0453. The third-order valence-electron chi connectivity index (χ3n) is 5.21. The van der Waals surface area contributed by atoms with Crippen molar-refractivity contribution in [2.24, 2.45) is 0 Å². The summed E-state index contributed by atoms with van der Waals surface area (Å²) in [5.74, 6) is -0.662. The number of esters is 1. The van der Waals surface area contributed by atoms with E-state index in [2.05, 4.69) is 0 Å². The molecule has 0 saturated carbocycles. The molecule has 0 saturated heterocycles. The lowest BCUT2D eigenvalue weighted by molar-refractivity contribution is -0.384. The van der Waals surface area contributed by atoms with Gasteiger partial charge < -0.3 is 13.9 Å². The van der Waals surface area contributed by atoms with E-state index in [1.807, 2.05) is 19.9 Å². The molecule has 1 heterocycles. The molecule has 0 atom stereocenters. The Hall–Kier alpha value is -4.17. The lowest BCUT2D eigenvalue weighted by Crippen LogP contribution is -2.17. The molecule has 0 bridgehead atoms. The Labute approximate surface area is 198 Å². The van der Waals surface area contributed by atoms with Crippen molar-refractivity contribution in [2.75, 3.05) is 7.11 Å². The fourth-order valence-electron chi connectivity index (χ4n) is 3.59. The van der Waals surface area contributed by atoms with Gasteiger partial charge in [-0.15, -0.1) is 0 Å². The summed E-state index contributed by atoms with van der Waals surface area (Å²) in [7, 11) is 1.52. The summed E-state index contributed by atoms with van der Waals surface area (Å²) in [4.78, 5) is 36.9. The van der Waals surface area contributed by atoms with Crippen LogP contribution in [0.4, 0.5) is 5.69 Å². The van der Waals surface area contributed by atoms with Crippen molar-refractivity contribution < 1.29 is 23.6 Å². The molecule has 0 fully saturated rings. The fourth-order valence-corrected chi connectivity index (χ4v) is 3.78. The van der Waals surface area contributed by atoms with Crippen molar-refractivity contribution in [1.29, 1.82) is 0 Å². The fraction of sp³-hybridized carbons (Fsp3) is 0.120. The number of aryl methyl sites for hydroxylation is 2. The van der Waals surface area contributed by atoms with E-state index >= 15 is 0 Å². The molecule has 4 rings (SSSR count). The van der Waals surface area contributed by atoms with Gasteiger partial charge in [-0.3, -0.25) is 14.9 Å². The molecule has 0 unspecified atom stereocenters. The number of fused-ring (bicyclic) bond motifs is 1. The molecular weight excluding hydrogens is 462 g/mol. The Balaban J connectivity index is 1.90. The SMILES string of the molecule is COc1ccc(-c2oc3c(C)cc(C)cc3c(=O)c2OC(=O)c2ccc(Cl)c([N+](=O)[O-])c2)cc1. The lowest BCUT2D eigenvalue weighted by Gasteiger charge is -2.12. The quantitative estimate of drug-likeness (QED) is 0.200. The van der Waals surface area contributed by atoms with Crippen LogP contribution < -0.4 is 14.9 Å². The summed E-state index contributed by atoms with van der Waals surface area (Å²) < 4.78 is 16.8. The van der Waals surface area contributed by atoms with Gasteiger partial charge >= 0.3 is 5.97 Å². The average molecular weight is 480 g/mol.